The van der Waals surface area contributed by atoms with Crippen molar-refractivity contribution in [3.8, 4) is 5.75 Å². The van der Waals surface area contributed by atoms with Gasteiger partial charge in [0.1, 0.15) is 5.75 Å². The number of benzene rings is 1. The maximum atomic E-state index is 10.1. The van der Waals surface area contributed by atoms with Crippen molar-refractivity contribution in [3.05, 3.63) is 29.8 Å². The normalized spacial score (nSPS) is 7.17. The van der Waals surface area contributed by atoms with E-state index < -0.39 is 0 Å². The van der Waals surface area contributed by atoms with Gasteiger partial charge in [-0.3, -0.25) is 16.5 Å². The molecular formula is C7H11ClN2O2. The largest absolute Gasteiger partial charge is 0.507 e. The Balaban J connectivity index is 0. The Labute approximate surface area is 76.6 Å². The number of carbonyl (C=O) groups excluding carboxylic acids is 1. The number of hydrazine groups is 1. The fraction of sp³-hybridized carbons (Fsp3) is 0. The molecule has 0 saturated heterocycles. The van der Waals surface area contributed by atoms with Gasteiger partial charge >= 0.3 is 0 Å². The molecule has 0 aliphatic rings. The van der Waals surface area contributed by atoms with Crippen LogP contribution in [-0.2, 0) is 0 Å². The monoisotopic (exact) mass is 190 g/mol. The molecule has 0 unspecified atom stereocenters. The van der Waals surface area contributed by atoms with Crippen molar-refractivity contribution < 1.29 is 9.90 Å². The van der Waals surface area contributed by atoms with E-state index in [1.165, 1.54) is 6.07 Å². The summed E-state index contributed by atoms with van der Waals surface area (Å²) in [5.41, 5.74) is 0.331. The van der Waals surface area contributed by atoms with Crippen molar-refractivity contribution in [2.75, 3.05) is 0 Å². The minimum Gasteiger partial charge on any atom is -0.507 e. The van der Waals surface area contributed by atoms with E-state index in [0.29, 0.717) is 11.8 Å². The van der Waals surface area contributed by atoms with Crippen LogP contribution in [0, 0.1) is 0 Å². The number of hydrogen-bond acceptors (Lipinski definition) is 4. The maximum Gasteiger partial charge on any atom is 0.153 e. The van der Waals surface area contributed by atoms with Crippen LogP contribution in [0.5, 0.6) is 5.75 Å². The predicted octanol–water partition coefficient (Wildman–Crippen LogP) is 0.445. The number of nitrogens with two attached hydrogens (primary N) is 2. The van der Waals surface area contributed by atoms with E-state index in [1.54, 1.807) is 18.2 Å². The van der Waals surface area contributed by atoms with Gasteiger partial charge < -0.3 is 5.11 Å². The number of para-hydroxylation sites is 1. The molecule has 5 N–H and O–H groups in total. The summed E-state index contributed by atoms with van der Waals surface area (Å²) < 4.78 is 0. The van der Waals surface area contributed by atoms with E-state index in [9.17, 15) is 4.79 Å². The molecule has 0 heterocycles. The van der Waals surface area contributed by atoms with Crippen LogP contribution in [0.25, 0.3) is 0 Å². The summed E-state index contributed by atoms with van der Waals surface area (Å²) in [6.07, 6.45) is 0.620. The van der Waals surface area contributed by atoms with Gasteiger partial charge in [0, 0.05) is 0 Å². The molecule has 0 radical (unpaired) electrons. The molecular weight excluding hydrogens is 180 g/mol. The average Bonchev–Trinajstić information content (AvgIpc) is 2.09. The number of aromatic hydroxyl groups is 1. The Kier molecular flexibility index (Phi) is 8.99. The highest BCUT2D eigenvalue weighted by atomic mass is 35.5. The summed E-state index contributed by atoms with van der Waals surface area (Å²) >= 11 is 0. The molecule has 0 amide bonds. The second-order valence-electron chi connectivity index (χ2n) is 1.68. The third kappa shape index (κ3) is 3.92. The average molecular weight is 191 g/mol. The Morgan fingerprint density at radius 1 is 1.25 bits per heavy atom. The smallest absolute Gasteiger partial charge is 0.153 e. The van der Waals surface area contributed by atoms with E-state index in [-0.39, 0.29) is 18.2 Å². The van der Waals surface area contributed by atoms with Gasteiger partial charge in [-0.15, -0.1) is 12.4 Å². The van der Waals surface area contributed by atoms with Crippen molar-refractivity contribution >= 4 is 18.7 Å². The second kappa shape index (κ2) is 8.00. The quantitative estimate of drug-likeness (QED) is 0.341. The van der Waals surface area contributed by atoms with Gasteiger partial charge in [-0.25, -0.2) is 0 Å². The first kappa shape index (κ1) is 13.5. The lowest BCUT2D eigenvalue weighted by molar-refractivity contribution is 0.112. The Bertz CT molecular complexity index is 230. The molecule has 0 saturated carbocycles. The molecule has 5 heteroatoms. The summed E-state index contributed by atoms with van der Waals surface area (Å²) in [6.45, 7) is 0. The van der Waals surface area contributed by atoms with Crippen LogP contribution < -0.4 is 11.7 Å². The number of hydrogen-bond donors (Lipinski definition) is 3. The van der Waals surface area contributed by atoms with E-state index in [1.807, 2.05) is 0 Å². The molecule has 0 aliphatic heterocycles. The maximum absolute atomic E-state index is 10.1. The topological polar surface area (TPSA) is 89.3 Å². The lowest BCUT2D eigenvalue weighted by atomic mass is 10.2. The van der Waals surface area contributed by atoms with Crippen LogP contribution >= 0.6 is 12.4 Å². The molecule has 0 aromatic heterocycles. The minimum atomic E-state index is 0. The minimum absolute atomic E-state index is 0. The van der Waals surface area contributed by atoms with Gasteiger partial charge in [0.25, 0.3) is 0 Å². The summed E-state index contributed by atoms with van der Waals surface area (Å²) in [7, 11) is 0. The highest BCUT2D eigenvalue weighted by molar-refractivity contribution is 5.85. The standard InChI is InChI=1S/C7H6O2.ClH.H4N2/c8-5-6-3-1-2-4-7(6)9;;1-2/h1-5,9H;1H;1-2H2. The van der Waals surface area contributed by atoms with Gasteiger partial charge in [0.15, 0.2) is 6.29 Å². The number of halogens is 1. The van der Waals surface area contributed by atoms with Crippen LogP contribution in [0.2, 0.25) is 0 Å². The van der Waals surface area contributed by atoms with Gasteiger partial charge in [0.2, 0.25) is 0 Å². The molecule has 1 aromatic rings. The first-order valence-corrected chi connectivity index (χ1v) is 2.91. The van der Waals surface area contributed by atoms with E-state index in [0.717, 1.165) is 0 Å². The van der Waals surface area contributed by atoms with Crippen LogP contribution in [0.15, 0.2) is 24.3 Å². The summed E-state index contributed by atoms with van der Waals surface area (Å²) in [4.78, 5) is 10.1. The molecule has 1 rings (SSSR count). The third-order valence-corrected chi connectivity index (χ3v) is 1.06. The van der Waals surface area contributed by atoms with Crippen LogP contribution in [0.4, 0.5) is 0 Å². The lowest BCUT2D eigenvalue weighted by Gasteiger charge is -1.91. The molecule has 0 atom stereocenters. The highest BCUT2D eigenvalue weighted by Gasteiger charge is 1.93. The fourth-order valence-electron chi connectivity index (χ4n) is 0.587. The van der Waals surface area contributed by atoms with Gasteiger partial charge in [0.05, 0.1) is 5.56 Å². The number of phenolic OH excluding ortho intramolecular Hbond substituents is 1. The SMILES string of the molecule is Cl.NN.O=Cc1ccccc1O. The van der Waals surface area contributed by atoms with Crippen LogP contribution in [0.1, 0.15) is 10.4 Å². The zero-order valence-corrected chi connectivity index (χ0v) is 7.12. The zero-order valence-electron chi connectivity index (χ0n) is 6.31. The number of phenols is 1. The summed E-state index contributed by atoms with van der Waals surface area (Å²) in [5, 5.41) is 8.88. The Hall–Kier alpha value is -1.10. The lowest BCUT2D eigenvalue weighted by Crippen LogP contribution is -2.02. The first-order valence-electron chi connectivity index (χ1n) is 2.91. The van der Waals surface area contributed by atoms with Gasteiger partial charge in [-0.2, -0.15) is 0 Å². The second-order valence-corrected chi connectivity index (χ2v) is 1.68. The van der Waals surface area contributed by atoms with Crippen molar-refractivity contribution in [1.82, 2.24) is 0 Å². The summed E-state index contributed by atoms with van der Waals surface area (Å²) in [6, 6.07) is 6.40. The van der Waals surface area contributed by atoms with Gasteiger partial charge in [-0.05, 0) is 12.1 Å². The molecule has 0 aliphatic carbocycles. The number of rotatable bonds is 1. The fourth-order valence-corrected chi connectivity index (χ4v) is 0.587. The van der Waals surface area contributed by atoms with Gasteiger partial charge in [-0.1, -0.05) is 12.1 Å². The van der Waals surface area contributed by atoms with E-state index in [2.05, 4.69) is 11.7 Å². The summed E-state index contributed by atoms with van der Waals surface area (Å²) in [5.74, 6) is 8.03. The Morgan fingerprint density at radius 3 is 2.08 bits per heavy atom. The van der Waals surface area contributed by atoms with Crippen LogP contribution in [0.3, 0.4) is 0 Å². The third-order valence-electron chi connectivity index (χ3n) is 1.06. The predicted molar refractivity (Wildman–Crippen MR) is 49.1 cm³/mol. The highest BCUT2D eigenvalue weighted by Crippen LogP contribution is 2.11. The molecule has 68 valence electrons. The van der Waals surface area contributed by atoms with Crippen molar-refractivity contribution in [3.63, 3.8) is 0 Å². The first-order chi connectivity index (χ1) is 5.34. The molecule has 0 fully saturated rings. The molecule has 12 heavy (non-hydrogen) atoms. The van der Waals surface area contributed by atoms with Crippen molar-refractivity contribution in [2.24, 2.45) is 11.7 Å². The molecule has 4 nitrogen and oxygen atoms in total. The molecule has 1 aromatic carbocycles. The number of aldehydes is 1. The van der Waals surface area contributed by atoms with Crippen LogP contribution in [-0.4, -0.2) is 11.4 Å². The number of carbonyl (C=O) groups is 1. The zero-order chi connectivity index (χ0) is 8.69. The van der Waals surface area contributed by atoms with E-state index in [4.69, 9.17) is 5.11 Å². The van der Waals surface area contributed by atoms with Crippen molar-refractivity contribution in [2.45, 2.75) is 0 Å². The molecule has 0 bridgehead atoms. The Morgan fingerprint density at radius 2 is 1.75 bits per heavy atom. The molecule has 0 spiro atoms. The van der Waals surface area contributed by atoms with Crippen molar-refractivity contribution in [1.29, 1.82) is 0 Å². The van der Waals surface area contributed by atoms with E-state index >= 15 is 0 Å².